The number of sulfonamides is 1. The molecule has 0 saturated carbocycles. The fourth-order valence-electron chi connectivity index (χ4n) is 1.96. The Morgan fingerprint density at radius 1 is 1.14 bits per heavy atom. The molecule has 0 bridgehead atoms. The lowest BCUT2D eigenvalue weighted by molar-refractivity contribution is -0.148. The van der Waals surface area contributed by atoms with Crippen LogP contribution in [0.1, 0.15) is 0 Å². The minimum absolute atomic E-state index is 0.0129. The van der Waals surface area contributed by atoms with E-state index in [0.29, 0.717) is 0 Å². The third-order valence-corrected chi connectivity index (χ3v) is 5.02. The van der Waals surface area contributed by atoms with Gasteiger partial charge < -0.3 is 0 Å². The topological polar surface area (TPSA) is 66.4 Å². The smallest absolute Gasteiger partial charge is 0.292 e. The van der Waals surface area contributed by atoms with Crippen molar-refractivity contribution in [3.05, 3.63) is 17.7 Å². The summed E-state index contributed by atoms with van der Waals surface area (Å²) in [5, 5.41) is -0.0797. The Morgan fingerprint density at radius 3 is 2.14 bits per heavy atom. The van der Waals surface area contributed by atoms with Gasteiger partial charge in [-0.3, -0.25) is 4.90 Å². The molecule has 0 spiro atoms. The van der Waals surface area contributed by atoms with Crippen molar-refractivity contribution in [2.75, 3.05) is 32.7 Å². The highest BCUT2D eigenvalue weighted by atomic mass is 35.5. The normalized spacial score (nSPS) is 18.9. The first-order valence-corrected chi connectivity index (χ1v) is 7.77. The standard InChI is InChI=1S/C10H12ClF3N4O2S/c11-9-15-5-8(6-16-9)21(19,20)18-3-1-17(2-4-18)7-10(12,13)14/h5-6H,1-4,7H2. The van der Waals surface area contributed by atoms with E-state index in [1.165, 1.54) is 4.90 Å². The summed E-state index contributed by atoms with van der Waals surface area (Å²) in [7, 11) is -3.80. The second kappa shape index (κ2) is 6.03. The molecule has 1 aliphatic rings. The fraction of sp³-hybridized carbons (Fsp3) is 0.600. The first-order valence-electron chi connectivity index (χ1n) is 5.95. The number of nitrogens with zero attached hydrogens (tertiary/aromatic N) is 4. The molecule has 0 amide bonds. The zero-order chi connectivity index (χ0) is 15.7. The van der Waals surface area contributed by atoms with Crippen LogP contribution in [0.25, 0.3) is 0 Å². The molecular formula is C10H12ClF3N4O2S. The summed E-state index contributed by atoms with van der Waals surface area (Å²) in [5.41, 5.74) is 0. The van der Waals surface area contributed by atoms with Gasteiger partial charge in [0.2, 0.25) is 15.3 Å². The molecule has 6 nitrogen and oxygen atoms in total. The average molecular weight is 345 g/mol. The summed E-state index contributed by atoms with van der Waals surface area (Å²) in [6.07, 6.45) is -2.13. The zero-order valence-electron chi connectivity index (χ0n) is 10.7. The number of hydrogen-bond acceptors (Lipinski definition) is 5. The highest BCUT2D eigenvalue weighted by molar-refractivity contribution is 7.89. The van der Waals surface area contributed by atoms with Gasteiger partial charge in [0.1, 0.15) is 4.90 Å². The van der Waals surface area contributed by atoms with Gasteiger partial charge in [0.05, 0.1) is 18.9 Å². The van der Waals surface area contributed by atoms with Gasteiger partial charge in [-0.1, -0.05) is 0 Å². The highest BCUT2D eigenvalue weighted by Crippen LogP contribution is 2.20. The van der Waals surface area contributed by atoms with E-state index in [4.69, 9.17) is 11.6 Å². The van der Waals surface area contributed by atoms with Gasteiger partial charge in [-0.15, -0.1) is 0 Å². The lowest BCUT2D eigenvalue weighted by Gasteiger charge is -2.34. The van der Waals surface area contributed by atoms with Crippen LogP contribution in [0.5, 0.6) is 0 Å². The SMILES string of the molecule is O=S(=O)(c1cnc(Cl)nc1)N1CCN(CC(F)(F)F)CC1. The van der Waals surface area contributed by atoms with Crippen LogP contribution in [0.3, 0.4) is 0 Å². The molecule has 1 saturated heterocycles. The first-order chi connectivity index (χ1) is 9.68. The van der Waals surface area contributed by atoms with Crippen LogP contribution in [0.2, 0.25) is 5.28 Å². The lowest BCUT2D eigenvalue weighted by Crippen LogP contribution is -2.50. The Kier molecular flexibility index (Phi) is 4.71. The van der Waals surface area contributed by atoms with E-state index < -0.39 is 22.7 Å². The Morgan fingerprint density at radius 2 is 1.67 bits per heavy atom. The Labute approximate surface area is 124 Å². The van der Waals surface area contributed by atoms with E-state index in [1.54, 1.807) is 0 Å². The van der Waals surface area contributed by atoms with Crippen molar-refractivity contribution in [3.8, 4) is 0 Å². The number of rotatable bonds is 3. The summed E-state index contributed by atoms with van der Waals surface area (Å²) in [5.74, 6) is 0. The monoisotopic (exact) mass is 344 g/mol. The van der Waals surface area contributed by atoms with Crippen LogP contribution in [0.15, 0.2) is 17.3 Å². The quantitative estimate of drug-likeness (QED) is 0.765. The van der Waals surface area contributed by atoms with Gasteiger partial charge in [0, 0.05) is 26.2 Å². The number of hydrogen-bond donors (Lipinski definition) is 0. The van der Waals surface area contributed by atoms with E-state index in [0.717, 1.165) is 16.7 Å². The van der Waals surface area contributed by atoms with Gasteiger partial charge in [-0.2, -0.15) is 17.5 Å². The molecule has 0 aliphatic carbocycles. The van der Waals surface area contributed by atoms with Gasteiger partial charge in [-0.25, -0.2) is 18.4 Å². The van der Waals surface area contributed by atoms with Gasteiger partial charge in [-0.05, 0) is 11.6 Å². The van der Waals surface area contributed by atoms with Crippen molar-refractivity contribution in [2.24, 2.45) is 0 Å². The molecule has 0 atom stereocenters. The Balaban J connectivity index is 2.03. The summed E-state index contributed by atoms with van der Waals surface area (Å²) in [6.45, 7) is -1.02. The van der Waals surface area contributed by atoms with E-state index >= 15 is 0 Å². The molecule has 21 heavy (non-hydrogen) atoms. The predicted molar refractivity (Wildman–Crippen MR) is 68.3 cm³/mol. The third-order valence-electron chi connectivity index (χ3n) is 2.97. The van der Waals surface area contributed by atoms with Crippen LogP contribution in [0, 0.1) is 0 Å². The van der Waals surface area contributed by atoms with Gasteiger partial charge in [0.25, 0.3) is 0 Å². The van der Waals surface area contributed by atoms with E-state index in [-0.39, 0.29) is 36.4 Å². The van der Waals surface area contributed by atoms with E-state index in [1.807, 2.05) is 0 Å². The average Bonchev–Trinajstić information content (AvgIpc) is 2.38. The number of piperazine rings is 1. The maximum atomic E-state index is 12.3. The van der Waals surface area contributed by atoms with Gasteiger partial charge in [0.15, 0.2) is 0 Å². The van der Waals surface area contributed by atoms with E-state index in [2.05, 4.69) is 9.97 Å². The third kappa shape index (κ3) is 4.25. The summed E-state index contributed by atoms with van der Waals surface area (Å²) >= 11 is 5.48. The molecule has 1 aliphatic heterocycles. The van der Waals surface area contributed by atoms with Gasteiger partial charge >= 0.3 is 6.18 Å². The minimum Gasteiger partial charge on any atom is -0.292 e. The number of aromatic nitrogens is 2. The molecule has 0 aromatic carbocycles. The predicted octanol–water partition coefficient (Wildman–Crippen LogP) is 0.999. The maximum Gasteiger partial charge on any atom is 0.401 e. The van der Waals surface area contributed by atoms with Crippen molar-refractivity contribution < 1.29 is 21.6 Å². The molecular weight excluding hydrogens is 333 g/mol. The van der Waals surface area contributed by atoms with E-state index in [9.17, 15) is 21.6 Å². The van der Waals surface area contributed by atoms with Crippen molar-refractivity contribution in [2.45, 2.75) is 11.1 Å². The summed E-state index contributed by atoms with van der Waals surface area (Å²) in [6, 6.07) is 0. The van der Waals surface area contributed by atoms with Crippen LogP contribution < -0.4 is 0 Å². The fourth-order valence-corrected chi connectivity index (χ4v) is 3.38. The molecule has 0 unspecified atom stereocenters. The van der Waals surface area contributed by atoms with Crippen molar-refractivity contribution in [1.82, 2.24) is 19.2 Å². The molecule has 0 radical (unpaired) electrons. The van der Waals surface area contributed by atoms with Crippen LogP contribution >= 0.6 is 11.6 Å². The molecule has 2 heterocycles. The molecule has 0 N–H and O–H groups in total. The molecule has 11 heteroatoms. The summed E-state index contributed by atoms with van der Waals surface area (Å²) < 4.78 is 62.4. The highest BCUT2D eigenvalue weighted by Gasteiger charge is 2.35. The zero-order valence-corrected chi connectivity index (χ0v) is 12.3. The van der Waals surface area contributed by atoms with Crippen LogP contribution in [-0.2, 0) is 10.0 Å². The lowest BCUT2D eigenvalue weighted by atomic mass is 10.3. The first kappa shape index (κ1) is 16.4. The van der Waals surface area contributed by atoms with Crippen molar-refractivity contribution in [3.63, 3.8) is 0 Å². The molecule has 1 fully saturated rings. The second-order valence-corrected chi connectivity index (χ2v) is 6.76. The van der Waals surface area contributed by atoms with Crippen LogP contribution in [-0.4, -0.2) is 66.5 Å². The van der Waals surface area contributed by atoms with Crippen molar-refractivity contribution >= 4 is 21.6 Å². The number of halogens is 4. The Bertz CT molecular complexity index is 585. The van der Waals surface area contributed by atoms with Crippen molar-refractivity contribution in [1.29, 1.82) is 0 Å². The maximum absolute atomic E-state index is 12.3. The minimum atomic E-state index is -4.29. The molecule has 1 aromatic rings. The largest absolute Gasteiger partial charge is 0.401 e. The molecule has 1 aromatic heterocycles. The Hall–Kier alpha value is -0.970. The second-order valence-electron chi connectivity index (χ2n) is 4.48. The molecule has 118 valence electrons. The molecule has 2 rings (SSSR count). The number of alkyl halides is 3. The van der Waals surface area contributed by atoms with Crippen LogP contribution in [0.4, 0.5) is 13.2 Å². The summed E-state index contributed by atoms with van der Waals surface area (Å²) in [4.78, 5) is 8.23.